The number of benzene rings is 1. The highest BCUT2D eigenvalue weighted by molar-refractivity contribution is 6.29. The summed E-state index contributed by atoms with van der Waals surface area (Å²) in [6.07, 6.45) is 0. The quantitative estimate of drug-likeness (QED) is 0.898. The van der Waals surface area contributed by atoms with Crippen molar-refractivity contribution in [2.45, 2.75) is 5.92 Å². The summed E-state index contributed by atoms with van der Waals surface area (Å²) >= 11 is 5.65. The second-order valence-corrected chi connectivity index (χ2v) is 3.91. The van der Waals surface area contributed by atoms with Crippen molar-refractivity contribution < 1.29 is 4.79 Å². The summed E-state index contributed by atoms with van der Waals surface area (Å²) in [5, 5.41) is 7.89. The van der Waals surface area contributed by atoms with Gasteiger partial charge < -0.3 is 5.73 Å². The first-order chi connectivity index (χ1) is 8.18. The van der Waals surface area contributed by atoms with Crippen molar-refractivity contribution in [3.8, 4) is 0 Å². The third-order valence-corrected chi connectivity index (χ3v) is 2.57. The molecule has 86 valence electrons. The Morgan fingerprint density at radius 3 is 2.35 bits per heavy atom. The summed E-state index contributed by atoms with van der Waals surface area (Å²) in [5.41, 5.74) is 6.68. The van der Waals surface area contributed by atoms with Gasteiger partial charge in [-0.15, -0.1) is 5.10 Å². The summed E-state index contributed by atoms with van der Waals surface area (Å²) in [7, 11) is 0. The van der Waals surface area contributed by atoms with Crippen LogP contribution in [0.5, 0.6) is 0 Å². The van der Waals surface area contributed by atoms with E-state index in [1.165, 1.54) is 0 Å². The van der Waals surface area contributed by atoms with Crippen molar-refractivity contribution in [2.24, 2.45) is 5.73 Å². The summed E-state index contributed by atoms with van der Waals surface area (Å²) in [5.74, 6) is -1.06. The Morgan fingerprint density at radius 1 is 1.12 bits per heavy atom. The van der Waals surface area contributed by atoms with Gasteiger partial charge in [-0.3, -0.25) is 4.79 Å². The van der Waals surface area contributed by atoms with Gasteiger partial charge in [0.15, 0.2) is 5.15 Å². The first-order valence-corrected chi connectivity index (χ1v) is 5.39. The lowest BCUT2D eigenvalue weighted by Gasteiger charge is -2.12. The van der Waals surface area contributed by atoms with Crippen LogP contribution in [0, 0.1) is 0 Å². The van der Waals surface area contributed by atoms with Crippen LogP contribution in [0.1, 0.15) is 17.2 Å². The largest absolute Gasteiger partial charge is 0.369 e. The second-order valence-electron chi connectivity index (χ2n) is 3.53. The molecule has 0 bridgehead atoms. The van der Waals surface area contributed by atoms with Gasteiger partial charge >= 0.3 is 0 Å². The molecule has 1 heterocycles. The topological polar surface area (TPSA) is 68.9 Å². The van der Waals surface area contributed by atoms with Gasteiger partial charge in [-0.1, -0.05) is 41.9 Å². The van der Waals surface area contributed by atoms with Crippen LogP contribution in [0.4, 0.5) is 0 Å². The minimum absolute atomic E-state index is 0.282. The molecule has 0 saturated heterocycles. The second kappa shape index (κ2) is 4.93. The minimum Gasteiger partial charge on any atom is -0.369 e. The fourth-order valence-corrected chi connectivity index (χ4v) is 1.71. The number of nitrogens with two attached hydrogens (primary N) is 1. The Balaban J connectivity index is 2.43. The van der Waals surface area contributed by atoms with Crippen molar-refractivity contribution in [3.63, 3.8) is 0 Å². The summed E-state index contributed by atoms with van der Waals surface area (Å²) in [6, 6.07) is 12.4. The third-order valence-electron chi connectivity index (χ3n) is 2.37. The first kappa shape index (κ1) is 11.5. The number of hydrogen-bond acceptors (Lipinski definition) is 3. The number of amides is 1. The van der Waals surface area contributed by atoms with Crippen LogP contribution < -0.4 is 5.73 Å². The average Bonchev–Trinajstić information content (AvgIpc) is 2.33. The van der Waals surface area contributed by atoms with Gasteiger partial charge in [0.25, 0.3) is 0 Å². The van der Waals surface area contributed by atoms with Crippen LogP contribution in [0.25, 0.3) is 0 Å². The Bertz CT molecular complexity index is 513. The van der Waals surface area contributed by atoms with Gasteiger partial charge in [-0.25, -0.2) is 0 Å². The van der Waals surface area contributed by atoms with Gasteiger partial charge in [-0.05, 0) is 17.7 Å². The van der Waals surface area contributed by atoms with Crippen LogP contribution in [0.3, 0.4) is 0 Å². The predicted octanol–water partition coefficient (Wildman–Crippen LogP) is 1.75. The maximum Gasteiger partial charge on any atom is 0.231 e. The van der Waals surface area contributed by atoms with E-state index in [1.54, 1.807) is 12.1 Å². The summed E-state index contributed by atoms with van der Waals surface area (Å²) in [6.45, 7) is 0. The lowest BCUT2D eigenvalue weighted by Crippen LogP contribution is -2.23. The molecular weight excluding hydrogens is 238 g/mol. The van der Waals surface area contributed by atoms with E-state index in [0.717, 1.165) is 5.56 Å². The van der Waals surface area contributed by atoms with Gasteiger partial charge in [0.1, 0.15) is 5.92 Å². The molecule has 2 N–H and O–H groups in total. The number of carbonyl (C=O) groups is 1. The Hall–Kier alpha value is -1.94. The van der Waals surface area contributed by atoms with Crippen LogP contribution in [-0.4, -0.2) is 16.1 Å². The lowest BCUT2D eigenvalue weighted by molar-refractivity contribution is -0.118. The molecule has 1 amide bonds. The van der Waals surface area contributed by atoms with Crippen molar-refractivity contribution in [2.75, 3.05) is 0 Å². The van der Waals surface area contributed by atoms with E-state index < -0.39 is 11.8 Å². The molecule has 0 aliphatic carbocycles. The van der Waals surface area contributed by atoms with E-state index in [9.17, 15) is 4.79 Å². The Kier molecular flexibility index (Phi) is 3.35. The van der Waals surface area contributed by atoms with E-state index >= 15 is 0 Å². The number of hydrogen-bond donors (Lipinski definition) is 1. The van der Waals surface area contributed by atoms with Gasteiger partial charge in [0, 0.05) is 0 Å². The van der Waals surface area contributed by atoms with Crippen molar-refractivity contribution in [3.05, 3.63) is 58.9 Å². The molecule has 1 aromatic heterocycles. The van der Waals surface area contributed by atoms with E-state index in [4.69, 9.17) is 17.3 Å². The molecule has 1 unspecified atom stereocenters. The van der Waals surface area contributed by atoms with Crippen molar-refractivity contribution >= 4 is 17.5 Å². The van der Waals surface area contributed by atoms with Crippen LogP contribution >= 0.6 is 11.6 Å². The monoisotopic (exact) mass is 247 g/mol. The molecule has 2 rings (SSSR count). The fraction of sp³-hybridized carbons (Fsp3) is 0.0833. The van der Waals surface area contributed by atoms with Gasteiger partial charge in [0.2, 0.25) is 5.91 Å². The Labute approximate surface area is 103 Å². The normalized spacial score (nSPS) is 12.1. The zero-order chi connectivity index (χ0) is 12.3. The number of halogens is 1. The third kappa shape index (κ3) is 2.60. The molecule has 0 spiro atoms. The van der Waals surface area contributed by atoms with E-state index in [1.807, 2.05) is 30.3 Å². The predicted molar refractivity (Wildman–Crippen MR) is 64.5 cm³/mol. The molecule has 2 aromatic rings. The molecule has 0 aliphatic rings. The molecule has 0 radical (unpaired) electrons. The van der Waals surface area contributed by atoms with Crippen molar-refractivity contribution in [1.82, 2.24) is 10.2 Å². The molecular formula is C12H10ClN3O. The van der Waals surface area contributed by atoms with Crippen LogP contribution in [0.2, 0.25) is 5.15 Å². The fourth-order valence-electron chi connectivity index (χ4n) is 1.61. The number of carbonyl (C=O) groups excluding carboxylic acids is 1. The Morgan fingerprint density at radius 2 is 1.82 bits per heavy atom. The zero-order valence-electron chi connectivity index (χ0n) is 8.88. The maximum atomic E-state index is 11.5. The molecule has 17 heavy (non-hydrogen) atoms. The molecule has 0 fully saturated rings. The molecule has 0 aliphatic heterocycles. The molecule has 4 nitrogen and oxygen atoms in total. The van der Waals surface area contributed by atoms with E-state index in [0.29, 0.717) is 5.69 Å². The number of nitrogens with zero attached hydrogens (tertiary/aromatic N) is 2. The highest BCUT2D eigenvalue weighted by Crippen LogP contribution is 2.22. The SMILES string of the molecule is NC(=O)C(c1ccccc1)c1ccc(Cl)nn1. The lowest BCUT2D eigenvalue weighted by atomic mass is 9.95. The summed E-state index contributed by atoms with van der Waals surface area (Å²) in [4.78, 5) is 11.5. The van der Waals surface area contributed by atoms with Crippen LogP contribution in [0.15, 0.2) is 42.5 Å². The summed E-state index contributed by atoms with van der Waals surface area (Å²) < 4.78 is 0. The van der Waals surface area contributed by atoms with Gasteiger partial charge in [-0.2, -0.15) is 5.10 Å². The smallest absolute Gasteiger partial charge is 0.231 e. The maximum absolute atomic E-state index is 11.5. The number of rotatable bonds is 3. The standard InChI is InChI=1S/C12H10ClN3O/c13-10-7-6-9(15-16-10)11(12(14)17)8-4-2-1-3-5-8/h1-7,11H,(H2,14,17). The van der Waals surface area contributed by atoms with Gasteiger partial charge in [0.05, 0.1) is 5.69 Å². The molecule has 1 aromatic carbocycles. The molecule has 5 heteroatoms. The highest BCUT2D eigenvalue weighted by atomic mass is 35.5. The van der Waals surface area contributed by atoms with Crippen molar-refractivity contribution in [1.29, 1.82) is 0 Å². The average molecular weight is 248 g/mol. The zero-order valence-corrected chi connectivity index (χ0v) is 9.63. The first-order valence-electron chi connectivity index (χ1n) is 5.02. The van der Waals surface area contributed by atoms with E-state index in [-0.39, 0.29) is 5.15 Å². The number of aromatic nitrogens is 2. The minimum atomic E-state index is -0.596. The molecule has 1 atom stereocenters. The highest BCUT2D eigenvalue weighted by Gasteiger charge is 2.21. The van der Waals surface area contributed by atoms with E-state index in [2.05, 4.69) is 10.2 Å². The van der Waals surface area contributed by atoms with Crippen LogP contribution in [-0.2, 0) is 4.79 Å². The number of primary amides is 1. The molecule has 0 saturated carbocycles.